The summed E-state index contributed by atoms with van der Waals surface area (Å²) in [5.74, 6) is -3.77. The van der Waals surface area contributed by atoms with Crippen LogP contribution in [0.1, 0.15) is 58.1 Å². The highest BCUT2D eigenvalue weighted by atomic mass is 35.5. The van der Waals surface area contributed by atoms with Gasteiger partial charge >= 0.3 is 5.97 Å². The monoisotopic (exact) mass is 705 g/mol. The van der Waals surface area contributed by atoms with Crippen LogP contribution in [0.25, 0.3) is 0 Å². The fourth-order valence-electron chi connectivity index (χ4n) is 7.96. The first-order valence-electron chi connectivity index (χ1n) is 17.3. The zero-order valence-electron chi connectivity index (χ0n) is 29.2. The first-order chi connectivity index (χ1) is 23.9. The molecular formula is C39H48ClN3O7. The van der Waals surface area contributed by atoms with E-state index < -0.39 is 65.6 Å². The second-order valence-corrected chi connectivity index (χ2v) is 14.3. The summed E-state index contributed by atoms with van der Waals surface area (Å²) in [6.45, 7) is 12.9. The third-order valence-electron chi connectivity index (χ3n) is 10.7. The fraction of sp³-hybridized carbons (Fsp3) is 0.487. The van der Waals surface area contributed by atoms with E-state index in [0.29, 0.717) is 35.5 Å². The fourth-order valence-corrected chi connectivity index (χ4v) is 8.09. The van der Waals surface area contributed by atoms with Gasteiger partial charge < -0.3 is 29.3 Å². The number of carbonyl (C=O) groups is 4. The number of likely N-dealkylation sites (tertiary alicyclic amines) is 1. The first kappa shape index (κ1) is 37.3. The van der Waals surface area contributed by atoms with E-state index in [-0.39, 0.29) is 31.4 Å². The molecule has 3 heterocycles. The van der Waals surface area contributed by atoms with Gasteiger partial charge in [0.05, 0.1) is 36.6 Å². The second kappa shape index (κ2) is 15.5. The number of hydrogen-bond acceptors (Lipinski definition) is 7. The summed E-state index contributed by atoms with van der Waals surface area (Å²) in [7, 11) is 1.68. The van der Waals surface area contributed by atoms with Crippen molar-refractivity contribution >= 4 is 41.0 Å². The molecule has 268 valence electrons. The summed E-state index contributed by atoms with van der Waals surface area (Å²) in [6, 6.07) is 13.7. The Kier molecular flexibility index (Phi) is 11.5. The molecule has 3 amide bonds. The SMILES string of the molecule is C=CCCC(=O)N(C)[C@@H](C)[C@@H](OC(=O)[C@@H]1[C@@H]2CC[C@]3(O2)[C@H](C(=O)N(CC=C)c2ccc(Cl)cc2)N([C@@H](CO)C(C)C)C(=O)[C@@H]13)c1ccccc1. The van der Waals surface area contributed by atoms with Crippen LogP contribution in [0.5, 0.6) is 0 Å². The molecule has 0 radical (unpaired) electrons. The van der Waals surface area contributed by atoms with E-state index in [2.05, 4.69) is 13.2 Å². The highest BCUT2D eigenvalue weighted by Gasteiger charge is 2.76. The summed E-state index contributed by atoms with van der Waals surface area (Å²) < 4.78 is 13.0. The van der Waals surface area contributed by atoms with Gasteiger partial charge in [0, 0.05) is 30.7 Å². The van der Waals surface area contributed by atoms with E-state index in [1.807, 2.05) is 51.1 Å². The number of anilines is 1. The number of nitrogens with zero attached hydrogens (tertiary/aromatic N) is 3. The van der Waals surface area contributed by atoms with Gasteiger partial charge in [0.1, 0.15) is 17.7 Å². The molecule has 2 bridgehead atoms. The molecule has 2 aromatic rings. The lowest BCUT2D eigenvalue weighted by Crippen LogP contribution is -2.59. The first-order valence-corrected chi connectivity index (χ1v) is 17.7. The summed E-state index contributed by atoms with van der Waals surface area (Å²) in [5.41, 5.74) is -0.0557. The minimum atomic E-state index is -1.32. The Labute approximate surface area is 299 Å². The van der Waals surface area contributed by atoms with E-state index in [9.17, 15) is 24.3 Å². The molecule has 1 spiro atoms. The Morgan fingerprint density at radius 1 is 1.10 bits per heavy atom. The standard InChI is InChI=1S/C39H48ClN3O7/c1-7-9-15-31(45)41(6)25(5)34(26-13-11-10-12-14-26)49-38(48)32-30-20-21-39(50-30)33(32)36(46)43(29(23-44)24(3)4)35(39)37(47)42(22-8-2)28-18-16-27(40)17-19-28/h7-8,10-14,16-19,24-25,29-30,32-35,44H,1-2,9,15,20-23H2,3-6H3/t25-,29-,30-,32+,33+,34+,35-,39+/m0/s1. The lowest BCUT2D eigenvalue weighted by Gasteiger charge is -2.40. The number of fused-ring (bicyclic) bond motifs is 1. The highest BCUT2D eigenvalue weighted by molar-refractivity contribution is 6.30. The molecule has 1 N–H and O–H groups in total. The molecule has 50 heavy (non-hydrogen) atoms. The van der Waals surface area contributed by atoms with Crippen LogP contribution in [0.2, 0.25) is 5.02 Å². The average Bonchev–Trinajstić information content (AvgIpc) is 3.76. The number of allylic oxidation sites excluding steroid dienone is 1. The summed E-state index contributed by atoms with van der Waals surface area (Å²) >= 11 is 6.16. The van der Waals surface area contributed by atoms with Crippen molar-refractivity contribution in [2.75, 3.05) is 25.1 Å². The number of halogens is 1. The molecule has 10 nitrogen and oxygen atoms in total. The van der Waals surface area contributed by atoms with Crippen LogP contribution in [-0.2, 0) is 28.7 Å². The Bertz CT molecular complexity index is 1580. The summed E-state index contributed by atoms with van der Waals surface area (Å²) in [5, 5.41) is 11.1. The zero-order valence-corrected chi connectivity index (χ0v) is 30.0. The van der Waals surface area contributed by atoms with Crippen LogP contribution in [0.15, 0.2) is 79.9 Å². The molecule has 3 aliphatic rings. The predicted octanol–water partition coefficient (Wildman–Crippen LogP) is 5.35. The van der Waals surface area contributed by atoms with Crippen LogP contribution in [-0.4, -0.2) is 88.6 Å². The molecule has 2 aromatic carbocycles. The van der Waals surface area contributed by atoms with Crippen LogP contribution in [0.3, 0.4) is 0 Å². The molecule has 11 heteroatoms. The van der Waals surface area contributed by atoms with Crippen molar-refractivity contribution in [2.45, 2.75) is 82.4 Å². The van der Waals surface area contributed by atoms with E-state index in [1.54, 1.807) is 48.4 Å². The number of benzene rings is 2. The van der Waals surface area contributed by atoms with Gasteiger partial charge in [0.2, 0.25) is 11.8 Å². The number of hydrogen-bond donors (Lipinski definition) is 1. The molecule has 3 saturated heterocycles. The van der Waals surface area contributed by atoms with Gasteiger partial charge in [-0.15, -0.1) is 13.2 Å². The van der Waals surface area contributed by atoms with Gasteiger partial charge in [-0.1, -0.05) is 67.9 Å². The summed E-state index contributed by atoms with van der Waals surface area (Å²) in [6.07, 6.45) is 3.40. The normalized spacial score (nSPS) is 25.5. The van der Waals surface area contributed by atoms with Crippen molar-refractivity contribution in [1.29, 1.82) is 0 Å². The smallest absolute Gasteiger partial charge is 0.313 e. The Hall–Kier alpha value is -3.99. The number of amides is 3. The Morgan fingerprint density at radius 3 is 2.38 bits per heavy atom. The number of carbonyl (C=O) groups excluding carboxylic acids is 4. The van der Waals surface area contributed by atoms with Crippen LogP contribution in [0.4, 0.5) is 5.69 Å². The molecule has 5 rings (SSSR count). The van der Waals surface area contributed by atoms with E-state index in [1.165, 1.54) is 9.80 Å². The third kappa shape index (κ3) is 6.73. The van der Waals surface area contributed by atoms with Crippen molar-refractivity contribution in [1.82, 2.24) is 9.80 Å². The lowest BCUT2D eigenvalue weighted by molar-refractivity contribution is -0.165. The molecule has 0 unspecified atom stereocenters. The van der Waals surface area contributed by atoms with Gasteiger partial charge in [-0.05, 0) is 61.9 Å². The molecule has 0 saturated carbocycles. The minimum absolute atomic E-state index is 0.118. The largest absolute Gasteiger partial charge is 0.455 e. The maximum atomic E-state index is 14.8. The average molecular weight is 706 g/mol. The number of ether oxygens (including phenoxy) is 2. The van der Waals surface area contributed by atoms with Gasteiger partial charge in [0.15, 0.2) is 0 Å². The van der Waals surface area contributed by atoms with Gasteiger partial charge in [-0.3, -0.25) is 19.2 Å². The predicted molar refractivity (Wildman–Crippen MR) is 191 cm³/mol. The molecule has 0 aromatic heterocycles. The molecule has 0 aliphatic carbocycles. The number of aliphatic hydroxyl groups is 1. The number of likely N-dealkylation sites (N-methyl/N-ethyl adjacent to an activating group) is 1. The van der Waals surface area contributed by atoms with Crippen molar-refractivity contribution in [3.63, 3.8) is 0 Å². The Morgan fingerprint density at radius 2 is 1.78 bits per heavy atom. The molecule has 3 aliphatic heterocycles. The molecule has 3 fully saturated rings. The van der Waals surface area contributed by atoms with Crippen molar-refractivity contribution in [3.8, 4) is 0 Å². The lowest BCUT2D eigenvalue weighted by atomic mass is 9.70. The Balaban J connectivity index is 1.53. The van der Waals surface area contributed by atoms with Gasteiger partial charge in [-0.25, -0.2) is 0 Å². The van der Waals surface area contributed by atoms with Crippen LogP contribution >= 0.6 is 11.6 Å². The third-order valence-corrected chi connectivity index (χ3v) is 10.9. The van der Waals surface area contributed by atoms with Crippen molar-refractivity contribution in [3.05, 3.63) is 90.5 Å². The number of rotatable bonds is 15. The molecular weight excluding hydrogens is 658 g/mol. The minimum Gasteiger partial charge on any atom is -0.455 e. The number of esters is 1. The quantitative estimate of drug-likeness (QED) is 0.196. The van der Waals surface area contributed by atoms with E-state index >= 15 is 0 Å². The highest BCUT2D eigenvalue weighted by Crippen LogP contribution is 2.59. The van der Waals surface area contributed by atoms with E-state index in [4.69, 9.17) is 21.1 Å². The second-order valence-electron chi connectivity index (χ2n) is 13.9. The zero-order chi connectivity index (χ0) is 36.3. The maximum absolute atomic E-state index is 14.8. The molecule has 8 atom stereocenters. The van der Waals surface area contributed by atoms with Crippen molar-refractivity contribution in [2.24, 2.45) is 17.8 Å². The maximum Gasteiger partial charge on any atom is 0.313 e. The van der Waals surface area contributed by atoms with Gasteiger partial charge in [0.25, 0.3) is 5.91 Å². The topological polar surface area (TPSA) is 117 Å². The van der Waals surface area contributed by atoms with Gasteiger partial charge in [-0.2, -0.15) is 0 Å². The number of aliphatic hydroxyl groups excluding tert-OH is 1. The summed E-state index contributed by atoms with van der Waals surface area (Å²) in [4.78, 5) is 61.6. The van der Waals surface area contributed by atoms with Crippen molar-refractivity contribution < 1.29 is 33.8 Å². The van der Waals surface area contributed by atoms with Crippen LogP contribution < -0.4 is 4.90 Å². The van der Waals surface area contributed by atoms with E-state index in [0.717, 1.165) is 0 Å². The van der Waals surface area contributed by atoms with Crippen LogP contribution in [0, 0.1) is 17.8 Å².